The summed E-state index contributed by atoms with van der Waals surface area (Å²) in [7, 11) is 1.67. The van der Waals surface area contributed by atoms with Crippen LogP contribution in [0.25, 0.3) is 0 Å². The highest BCUT2D eigenvalue weighted by Crippen LogP contribution is 2.34. The molecule has 2 atom stereocenters. The number of hydrogen-bond acceptors (Lipinski definition) is 2. The molecule has 2 rings (SSSR count). The van der Waals surface area contributed by atoms with Gasteiger partial charge in [-0.3, -0.25) is 0 Å². The minimum Gasteiger partial charge on any atom is -0.392 e. The predicted molar refractivity (Wildman–Crippen MR) is 95.4 cm³/mol. The van der Waals surface area contributed by atoms with Crippen LogP contribution in [0.2, 0.25) is 0 Å². The number of aliphatic hydroxyl groups is 1. The quantitative estimate of drug-likeness (QED) is 0.668. The van der Waals surface area contributed by atoms with Crippen LogP contribution in [0.4, 0.5) is 0 Å². The summed E-state index contributed by atoms with van der Waals surface area (Å²) in [5, 5.41) is 9.88. The molecule has 0 amide bonds. The zero-order valence-corrected chi connectivity index (χ0v) is 14.8. The first kappa shape index (κ1) is 17.6. The van der Waals surface area contributed by atoms with E-state index < -0.39 is 0 Å². The lowest BCUT2D eigenvalue weighted by molar-refractivity contribution is -0.491. The summed E-state index contributed by atoms with van der Waals surface area (Å²) in [6.07, 6.45) is 8.31. The number of benzene rings is 1. The second-order valence-corrected chi connectivity index (χ2v) is 6.27. The van der Waals surface area contributed by atoms with Crippen LogP contribution >= 0.6 is 0 Å². The molecule has 23 heavy (non-hydrogen) atoms. The van der Waals surface area contributed by atoms with Gasteiger partial charge in [0.2, 0.25) is 0 Å². The van der Waals surface area contributed by atoms with Gasteiger partial charge in [0.05, 0.1) is 13.2 Å². The van der Waals surface area contributed by atoms with Crippen LogP contribution in [-0.4, -0.2) is 42.3 Å². The van der Waals surface area contributed by atoms with E-state index in [1.165, 1.54) is 22.3 Å². The maximum atomic E-state index is 9.88. The van der Waals surface area contributed by atoms with E-state index in [1.807, 2.05) is 19.1 Å². The number of hydrogen-bond donors (Lipinski definition) is 1. The molecule has 0 saturated heterocycles. The first-order chi connectivity index (χ1) is 11.0. The molecule has 0 saturated carbocycles. The molecule has 0 aliphatic carbocycles. The second-order valence-electron chi connectivity index (χ2n) is 6.27. The zero-order valence-electron chi connectivity index (χ0n) is 14.8. The van der Waals surface area contributed by atoms with E-state index >= 15 is 0 Å². The van der Waals surface area contributed by atoms with E-state index in [4.69, 9.17) is 4.74 Å². The summed E-state index contributed by atoms with van der Waals surface area (Å²) >= 11 is 0. The molecular formula is C20H28NO2+. The average Bonchev–Trinajstić information content (AvgIpc) is 2.49. The fourth-order valence-corrected chi connectivity index (χ4v) is 3.69. The van der Waals surface area contributed by atoms with Gasteiger partial charge in [0.1, 0.15) is 0 Å². The lowest BCUT2D eigenvalue weighted by Gasteiger charge is -2.29. The van der Waals surface area contributed by atoms with Gasteiger partial charge in [0.15, 0.2) is 18.5 Å². The molecule has 1 aromatic carbocycles. The zero-order chi connectivity index (χ0) is 17.0. The fraction of sp³-hybridized carbons (Fsp3) is 0.450. The van der Waals surface area contributed by atoms with Crippen LogP contribution in [0.15, 0.2) is 36.1 Å². The molecule has 0 fully saturated rings. The Morgan fingerprint density at radius 3 is 2.70 bits per heavy atom. The molecule has 2 unspecified atom stereocenters. The average molecular weight is 314 g/mol. The lowest BCUT2D eigenvalue weighted by atomic mass is 9.80. The number of rotatable bonds is 5. The summed E-state index contributed by atoms with van der Waals surface area (Å²) in [4.78, 5) is 0. The van der Waals surface area contributed by atoms with Gasteiger partial charge in [-0.15, -0.1) is 0 Å². The first-order valence-electron chi connectivity index (χ1n) is 8.18. The van der Waals surface area contributed by atoms with Crippen molar-refractivity contribution in [1.82, 2.24) is 0 Å². The van der Waals surface area contributed by atoms with Crippen molar-refractivity contribution < 1.29 is 14.4 Å². The Balaban J connectivity index is 2.60. The third-order valence-corrected chi connectivity index (χ3v) is 4.50. The van der Waals surface area contributed by atoms with Crippen molar-refractivity contribution in [2.24, 2.45) is 0 Å². The van der Waals surface area contributed by atoms with Crippen LogP contribution in [0, 0.1) is 13.8 Å². The van der Waals surface area contributed by atoms with Gasteiger partial charge < -0.3 is 9.84 Å². The molecule has 1 heterocycles. The summed E-state index contributed by atoms with van der Waals surface area (Å²) in [5.41, 5.74) is 6.24. The number of fused-ring (bicyclic) bond motifs is 1. The van der Waals surface area contributed by atoms with Gasteiger partial charge in [-0.05, 0) is 44.0 Å². The van der Waals surface area contributed by atoms with Crippen LogP contribution in [-0.2, 0) is 4.74 Å². The number of nitrogens with zero attached hydrogens (tertiary/aromatic N) is 1. The molecule has 0 spiro atoms. The van der Waals surface area contributed by atoms with Gasteiger partial charge >= 0.3 is 0 Å². The Bertz CT molecular complexity index is 656. The first-order valence-corrected chi connectivity index (χ1v) is 8.18. The topological polar surface area (TPSA) is 32.5 Å². The molecule has 0 radical (unpaired) electrons. The minimum atomic E-state index is 0.0422. The fourth-order valence-electron chi connectivity index (χ4n) is 3.69. The lowest BCUT2D eigenvalue weighted by Crippen LogP contribution is -2.37. The Kier molecular flexibility index (Phi) is 5.91. The third kappa shape index (κ3) is 3.62. The molecule has 1 aromatic rings. The molecule has 1 aliphatic rings. The molecular weight excluding hydrogens is 286 g/mol. The highest BCUT2D eigenvalue weighted by Gasteiger charge is 2.37. The molecule has 3 nitrogen and oxygen atoms in total. The van der Waals surface area contributed by atoms with Crippen molar-refractivity contribution in [1.29, 1.82) is 0 Å². The number of ether oxygens (including phenoxy) is 1. The van der Waals surface area contributed by atoms with Crippen LogP contribution < -0.4 is 0 Å². The Morgan fingerprint density at radius 2 is 2.09 bits per heavy atom. The Morgan fingerprint density at radius 1 is 1.35 bits per heavy atom. The molecule has 1 aliphatic heterocycles. The number of aliphatic hydroxyl groups excluding tert-OH is 1. The van der Waals surface area contributed by atoms with E-state index in [2.05, 4.69) is 49.9 Å². The SMILES string of the molecule is C/C=C\[N+]1=Cc2cc(C)cc(C)c2C(C)C1/C(=C/COC)CO. The van der Waals surface area contributed by atoms with Crippen LogP contribution in [0.1, 0.15) is 42.0 Å². The Hall–Kier alpha value is -1.71. The van der Waals surface area contributed by atoms with Gasteiger partial charge in [-0.1, -0.05) is 24.6 Å². The summed E-state index contributed by atoms with van der Waals surface area (Å²) in [5.74, 6) is 0.294. The van der Waals surface area contributed by atoms with Crippen LogP contribution in [0.5, 0.6) is 0 Å². The maximum Gasteiger partial charge on any atom is 0.188 e. The van der Waals surface area contributed by atoms with Crippen LogP contribution in [0.3, 0.4) is 0 Å². The number of methoxy groups -OCH3 is 1. The largest absolute Gasteiger partial charge is 0.392 e. The van der Waals surface area contributed by atoms with Gasteiger partial charge in [0, 0.05) is 24.2 Å². The molecule has 1 N–H and O–H groups in total. The molecule has 124 valence electrons. The third-order valence-electron chi connectivity index (χ3n) is 4.50. The van der Waals surface area contributed by atoms with Crippen molar-refractivity contribution in [3.63, 3.8) is 0 Å². The smallest absolute Gasteiger partial charge is 0.188 e. The van der Waals surface area contributed by atoms with E-state index in [0.717, 1.165) is 5.57 Å². The normalized spacial score (nSPS) is 21.5. The maximum absolute atomic E-state index is 9.88. The van der Waals surface area contributed by atoms with Gasteiger partial charge in [-0.25, -0.2) is 0 Å². The van der Waals surface area contributed by atoms with Crippen molar-refractivity contribution in [3.05, 3.63) is 58.3 Å². The molecule has 0 aromatic heterocycles. The minimum absolute atomic E-state index is 0.0422. The van der Waals surface area contributed by atoms with E-state index in [1.54, 1.807) is 7.11 Å². The standard InChI is InChI=1S/C20H28NO2/c1-6-8-21-12-18-11-14(2)10-15(3)19(18)16(4)20(21)17(13-22)7-9-23-5/h6-8,10-12,16,20,22H,9,13H2,1-5H3/q+1/b8-6-,17-7+. The van der Waals surface area contributed by atoms with E-state index in [-0.39, 0.29) is 12.6 Å². The van der Waals surface area contributed by atoms with Crippen molar-refractivity contribution >= 4 is 6.21 Å². The Labute approximate surface area is 139 Å². The van der Waals surface area contributed by atoms with Gasteiger partial charge in [-0.2, -0.15) is 4.58 Å². The van der Waals surface area contributed by atoms with Gasteiger partial charge in [0.25, 0.3) is 0 Å². The van der Waals surface area contributed by atoms with Crippen molar-refractivity contribution in [3.8, 4) is 0 Å². The van der Waals surface area contributed by atoms with E-state index in [0.29, 0.717) is 12.5 Å². The highest BCUT2D eigenvalue weighted by molar-refractivity contribution is 5.81. The molecule has 0 bridgehead atoms. The second kappa shape index (κ2) is 7.71. The highest BCUT2D eigenvalue weighted by atomic mass is 16.5. The van der Waals surface area contributed by atoms with Crippen molar-refractivity contribution in [2.45, 2.75) is 39.7 Å². The summed E-state index contributed by atoms with van der Waals surface area (Å²) in [6, 6.07) is 4.59. The van der Waals surface area contributed by atoms with Crippen molar-refractivity contribution in [2.75, 3.05) is 20.3 Å². The number of aryl methyl sites for hydroxylation is 2. The molecule has 3 heteroatoms. The summed E-state index contributed by atoms with van der Waals surface area (Å²) in [6.45, 7) is 9.13. The monoisotopic (exact) mass is 314 g/mol. The predicted octanol–water partition coefficient (Wildman–Crippen LogP) is 3.32. The summed E-state index contributed by atoms with van der Waals surface area (Å²) < 4.78 is 7.38. The number of allylic oxidation sites excluding steroid dienone is 1. The van der Waals surface area contributed by atoms with E-state index in [9.17, 15) is 5.11 Å².